The number of nitrogens with zero attached hydrogens (tertiary/aromatic N) is 1. The zero-order chi connectivity index (χ0) is 14.5. The van der Waals surface area contributed by atoms with Gasteiger partial charge < -0.3 is 15.8 Å². The van der Waals surface area contributed by atoms with Crippen LogP contribution in [0.4, 0.5) is 10.8 Å². The number of anilines is 2. The Balaban J connectivity index is 1.97. The van der Waals surface area contributed by atoms with Gasteiger partial charge in [-0.3, -0.25) is 0 Å². The predicted octanol–water partition coefficient (Wildman–Crippen LogP) is 3.14. The van der Waals surface area contributed by atoms with Gasteiger partial charge in [0.1, 0.15) is 10.6 Å². The number of hydrogen-bond acceptors (Lipinski definition) is 6. The van der Waals surface area contributed by atoms with Crippen molar-refractivity contribution in [2.75, 3.05) is 24.2 Å². The minimum absolute atomic E-state index is 0.257. The van der Waals surface area contributed by atoms with Gasteiger partial charge in [0.2, 0.25) is 0 Å². The lowest BCUT2D eigenvalue weighted by atomic mass is 9.82. The maximum absolute atomic E-state index is 11.9. The van der Waals surface area contributed by atoms with E-state index < -0.39 is 5.97 Å². The molecular weight excluding hydrogens is 274 g/mol. The van der Waals surface area contributed by atoms with Crippen LogP contribution in [0.5, 0.6) is 0 Å². The number of nitrogens with one attached hydrogen (secondary N) is 1. The summed E-state index contributed by atoms with van der Waals surface area (Å²) in [6.45, 7) is 5.30. The highest BCUT2D eigenvalue weighted by molar-refractivity contribution is 7.11. The van der Waals surface area contributed by atoms with Crippen LogP contribution < -0.4 is 11.1 Å². The maximum Gasteiger partial charge on any atom is 0.344 e. The van der Waals surface area contributed by atoms with Crippen LogP contribution >= 0.6 is 11.5 Å². The molecule has 20 heavy (non-hydrogen) atoms. The Labute approximate surface area is 124 Å². The van der Waals surface area contributed by atoms with Gasteiger partial charge in [-0.15, -0.1) is 0 Å². The fourth-order valence-electron chi connectivity index (χ4n) is 2.81. The Morgan fingerprint density at radius 2 is 2.35 bits per heavy atom. The van der Waals surface area contributed by atoms with Crippen molar-refractivity contribution in [2.45, 2.75) is 39.5 Å². The topological polar surface area (TPSA) is 77.2 Å². The number of carbonyl (C=O) groups excluding carboxylic acids is 1. The number of esters is 1. The number of carbonyl (C=O) groups is 1. The van der Waals surface area contributed by atoms with Crippen molar-refractivity contribution < 1.29 is 9.53 Å². The highest BCUT2D eigenvalue weighted by Crippen LogP contribution is 2.31. The van der Waals surface area contributed by atoms with Crippen LogP contribution in [-0.4, -0.2) is 23.5 Å². The minimum atomic E-state index is -0.390. The van der Waals surface area contributed by atoms with Gasteiger partial charge in [0, 0.05) is 6.54 Å². The summed E-state index contributed by atoms with van der Waals surface area (Å²) in [5.41, 5.74) is 6.15. The molecule has 1 heterocycles. The van der Waals surface area contributed by atoms with Crippen molar-refractivity contribution in [3.05, 3.63) is 5.56 Å². The molecule has 6 heteroatoms. The smallest absolute Gasteiger partial charge is 0.344 e. The molecule has 0 bridgehead atoms. The first-order valence-electron chi connectivity index (χ1n) is 7.28. The summed E-state index contributed by atoms with van der Waals surface area (Å²) in [5, 5.41) is 4.07. The monoisotopic (exact) mass is 297 g/mol. The van der Waals surface area contributed by atoms with E-state index in [1.165, 1.54) is 37.2 Å². The quantitative estimate of drug-likeness (QED) is 0.816. The van der Waals surface area contributed by atoms with Gasteiger partial charge in [0.05, 0.1) is 6.61 Å². The largest absolute Gasteiger partial charge is 0.462 e. The van der Waals surface area contributed by atoms with E-state index in [1.54, 1.807) is 6.92 Å². The summed E-state index contributed by atoms with van der Waals surface area (Å²) < 4.78 is 9.08. The molecule has 1 fully saturated rings. The molecule has 1 saturated carbocycles. The Hall–Kier alpha value is -1.30. The summed E-state index contributed by atoms with van der Waals surface area (Å²) >= 11 is 1.23. The van der Waals surface area contributed by atoms with E-state index in [0.29, 0.717) is 18.1 Å². The van der Waals surface area contributed by atoms with E-state index in [4.69, 9.17) is 10.5 Å². The van der Waals surface area contributed by atoms with Crippen molar-refractivity contribution in [3.63, 3.8) is 0 Å². The molecule has 112 valence electrons. The lowest BCUT2D eigenvalue weighted by Gasteiger charge is -2.26. The van der Waals surface area contributed by atoms with E-state index >= 15 is 0 Å². The van der Waals surface area contributed by atoms with Crippen molar-refractivity contribution in [3.8, 4) is 0 Å². The molecular formula is C14H23N3O2S. The zero-order valence-corrected chi connectivity index (χ0v) is 13.0. The maximum atomic E-state index is 11.9. The van der Waals surface area contributed by atoms with Crippen LogP contribution in [0.1, 0.15) is 49.9 Å². The molecule has 0 aliphatic heterocycles. The summed E-state index contributed by atoms with van der Waals surface area (Å²) in [6, 6.07) is 0. The molecule has 0 aromatic carbocycles. The minimum Gasteiger partial charge on any atom is -0.462 e. The van der Waals surface area contributed by atoms with E-state index in [0.717, 1.165) is 17.5 Å². The van der Waals surface area contributed by atoms with Crippen molar-refractivity contribution >= 4 is 28.3 Å². The lowest BCUT2D eigenvalue weighted by Crippen LogP contribution is -2.21. The number of ether oxygens (including phenoxy) is 1. The van der Waals surface area contributed by atoms with E-state index in [-0.39, 0.29) is 5.82 Å². The number of aromatic nitrogens is 1. The molecule has 1 aromatic heterocycles. The number of nitrogens with two attached hydrogens (primary N) is 1. The fraction of sp³-hybridized carbons (Fsp3) is 0.714. The molecule has 0 spiro atoms. The second kappa shape index (κ2) is 6.92. The SMILES string of the molecule is CCOC(=O)c1c(N)nsc1NCC1CCCC(C)C1. The summed E-state index contributed by atoms with van der Waals surface area (Å²) in [7, 11) is 0. The molecule has 3 N–H and O–H groups in total. The summed E-state index contributed by atoms with van der Waals surface area (Å²) in [6.07, 6.45) is 5.12. The number of nitrogen functional groups attached to an aromatic ring is 1. The molecule has 0 radical (unpaired) electrons. The Morgan fingerprint density at radius 1 is 1.55 bits per heavy atom. The van der Waals surface area contributed by atoms with Crippen LogP contribution in [-0.2, 0) is 4.74 Å². The molecule has 2 atom stereocenters. The molecule has 2 rings (SSSR count). The van der Waals surface area contributed by atoms with Crippen molar-refractivity contribution in [2.24, 2.45) is 11.8 Å². The van der Waals surface area contributed by atoms with Gasteiger partial charge in [0.25, 0.3) is 0 Å². The third-order valence-electron chi connectivity index (χ3n) is 3.79. The van der Waals surface area contributed by atoms with Crippen LogP contribution in [0, 0.1) is 11.8 Å². The van der Waals surface area contributed by atoms with Crippen LogP contribution in [0.2, 0.25) is 0 Å². The Kier molecular flexibility index (Phi) is 5.23. The number of hydrogen-bond donors (Lipinski definition) is 2. The van der Waals surface area contributed by atoms with Crippen LogP contribution in [0.15, 0.2) is 0 Å². The average molecular weight is 297 g/mol. The molecule has 0 amide bonds. The molecule has 5 nitrogen and oxygen atoms in total. The molecule has 0 saturated heterocycles. The Bertz CT molecular complexity index is 461. The zero-order valence-electron chi connectivity index (χ0n) is 12.1. The molecule has 1 aliphatic rings. The second-order valence-corrected chi connectivity index (χ2v) is 6.28. The second-order valence-electron chi connectivity index (χ2n) is 5.51. The first-order chi connectivity index (χ1) is 9.61. The van der Waals surface area contributed by atoms with Crippen molar-refractivity contribution in [1.82, 2.24) is 4.37 Å². The molecule has 1 aliphatic carbocycles. The standard InChI is InChI=1S/C14H23N3O2S/c1-3-19-14(18)11-12(15)17-20-13(11)16-8-10-6-4-5-9(2)7-10/h9-10,16H,3-8H2,1-2H3,(H2,15,17). The molecule has 1 aromatic rings. The predicted molar refractivity (Wildman–Crippen MR) is 82.1 cm³/mol. The highest BCUT2D eigenvalue weighted by Gasteiger charge is 2.23. The van der Waals surface area contributed by atoms with E-state index in [9.17, 15) is 4.79 Å². The first kappa shape index (κ1) is 15.1. The first-order valence-corrected chi connectivity index (χ1v) is 8.05. The third-order valence-corrected chi connectivity index (χ3v) is 4.61. The van der Waals surface area contributed by atoms with E-state index in [1.807, 2.05) is 0 Å². The fourth-order valence-corrected chi connectivity index (χ4v) is 3.51. The van der Waals surface area contributed by atoms with Crippen LogP contribution in [0.25, 0.3) is 0 Å². The summed E-state index contributed by atoms with van der Waals surface area (Å²) in [4.78, 5) is 11.9. The van der Waals surface area contributed by atoms with Gasteiger partial charge in [-0.2, -0.15) is 4.37 Å². The highest BCUT2D eigenvalue weighted by atomic mass is 32.1. The van der Waals surface area contributed by atoms with Gasteiger partial charge in [-0.1, -0.05) is 19.8 Å². The number of rotatable bonds is 5. The van der Waals surface area contributed by atoms with Crippen molar-refractivity contribution in [1.29, 1.82) is 0 Å². The van der Waals surface area contributed by atoms with Gasteiger partial charge in [0.15, 0.2) is 5.82 Å². The summed E-state index contributed by atoms with van der Waals surface area (Å²) in [5.74, 6) is 1.33. The van der Waals surface area contributed by atoms with E-state index in [2.05, 4.69) is 16.6 Å². The lowest BCUT2D eigenvalue weighted by molar-refractivity contribution is 0.0529. The normalized spacial score (nSPS) is 22.5. The molecule has 2 unspecified atom stereocenters. The Morgan fingerprint density at radius 3 is 3.05 bits per heavy atom. The van der Waals surface area contributed by atoms with Gasteiger partial charge in [-0.05, 0) is 43.1 Å². The van der Waals surface area contributed by atoms with Gasteiger partial charge >= 0.3 is 5.97 Å². The van der Waals surface area contributed by atoms with Gasteiger partial charge in [-0.25, -0.2) is 4.79 Å². The third kappa shape index (κ3) is 3.62. The van der Waals surface area contributed by atoms with Crippen LogP contribution in [0.3, 0.4) is 0 Å². The average Bonchev–Trinajstić information content (AvgIpc) is 2.78.